The van der Waals surface area contributed by atoms with Gasteiger partial charge in [-0.1, -0.05) is 20.8 Å². The number of ether oxygens (including phenoxy) is 6. The molecule has 7 atom stereocenters. The molecule has 0 spiro atoms. The SMILES string of the molecule is COC(=O)[C@@]1(O[Si](C)(C)C(C)(C)C)C[C@H]2O[C@](C)(OC)[C@@](C)(OC)O[C@@H]2[C@H]2O[C@H]21. The summed E-state index contributed by atoms with van der Waals surface area (Å²) in [4.78, 5) is 13.1. The number of carbonyl (C=O) groups excluding carboxylic acids is 1. The molecule has 0 bridgehead atoms. The molecule has 2 saturated heterocycles. The summed E-state index contributed by atoms with van der Waals surface area (Å²) >= 11 is 0. The molecule has 29 heavy (non-hydrogen) atoms. The maximum Gasteiger partial charge on any atom is 0.339 e. The van der Waals surface area contributed by atoms with Gasteiger partial charge in [-0.05, 0) is 32.0 Å². The fourth-order valence-electron chi connectivity index (χ4n) is 4.10. The largest absolute Gasteiger partial charge is 0.467 e. The van der Waals surface area contributed by atoms with Crippen LogP contribution in [-0.4, -0.2) is 77.2 Å². The highest BCUT2D eigenvalue weighted by Gasteiger charge is 2.74. The van der Waals surface area contributed by atoms with Crippen molar-refractivity contribution in [1.29, 1.82) is 0 Å². The van der Waals surface area contributed by atoms with Crippen molar-refractivity contribution in [2.75, 3.05) is 21.3 Å². The topological polar surface area (TPSA) is 85.0 Å². The average molecular weight is 433 g/mol. The van der Waals surface area contributed by atoms with Gasteiger partial charge in [-0.3, -0.25) is 0 Å². The second-order valence-corrected chi connectivity index (χ2v) is 14.7. The molecule has 3 rings (SSSR count). The maximum absolute atomic E-state index is 13.1. The summed E-state index contributed by atoms with van der Waals surface area (Å²) in [6.45, 7) is 14.2. The predicted octanol–water partition coefficient (Wildman–Crippen LogP) is 2.60. The molecule has 0 aromatic rings. The molecule has 1 aliphatic carbocycles. The molecule has 9 heteroatoms. The summed E-state index contributed by atoms with van der Waals surface area (Å²) in [5, 5.41) is -0.0884. The number of hydrogen-bond donors (Lipinski definition) is 0. The van der Waals surface area contributed by atoms with Crippen LogP contribution in [0.15, 0.2) is 0 Å². The van der Waals surface area contributed by atoms with E-state index in [4.69, 9.17) is 32.8 Å². The van der Waals surface area contributed by atoms with Crippen LogP contribution in [-0.2, 0) is 37.6 Å². The summed E-state index contributed by atoms with van der Waals surface area (Å²) < 4.78 is 41.8. The lowest BCUT2D eigenvalue weighted by Crippen LogP contribution is -2.71. The number of methoxy groups -OCH3 is 3. The molecule has 2 aliphatic heterocycles. The lowest BCUT2D eigenvalue weighted by atomic mass is 9.80. The van der Waals surface area contributed by atoms with E-state index in [1.165, 1.54) is 7.11 Å². The Labute approximate surface area is 174 Å². The standard InChI is InChI=1S/C20H36O8Si/c1-17(2,3)29(9,10)28-20(16(21)22-6)11-12-13(14-15(20)25-14)27-19(5,24-8)18(4,23-7)26-12/h12-15H,11H2,1-10H3/t12-,13+,14-,15-,18+,19+,20-/m1/s1. The van der Waals surface area contributed by atoms with Gasteiger partial charge in [0.05, 0.1) is 13.2 Å². The van der Waals surface area contributed by atoms with Gasteiger partial charge in [-0.15, -0.1) is 0 Å². The fraction of sp³-hybridized carbons (Fsp3) is 0.950. The van der Waals surface area contributed by atoms with Crippen molar-refractivity contribution in [3.63, 3.8) is 0 Å². The number of rotatable bonds is 5. The van der Waals surface area contributed by atoms with Gasteiger partial charge in [0.1, 0.15) is 18.3 Å². The number of fused-ring (bicyclic) bond motifs is 3. The van der Waals surface area contributed by atoms with Crippen molar-refractivity contribution in [3.05, 3.63) is 0 Å². The van der Waals surface area contributed by atoms with Crippen molar-refractivity contribution >= 4 is 14.3 Å². The smallest absolute Gasteiger partial charge is 0.339 e. The Morgan fingerprint density at radius 1 is 1.00 bits per heavy atom. The summed E-state index contributed by atoms with van der Waals surface area (Å²) in [6, 6.07) is 0. The normalized spacial score (nSPS) is 44.6. The van der Waals surface area contributed by atoms with Crippen molar-refractivity contribution in [1.82, 2.24) is 0 Å². The highest BCUT2D eigenvalue weighted by molar-refractivity contribution is 6.74. The van der Waals surface area contributed by atoms with E-state index in [-0.39, 0.29) is 17.6 Å². The lowest BCUT2D eigenvalue weighted by molar-refractivity contribution is -0.452. The van der Waals surface area contributed by atoms with E-state index in [0.717, 1.165) is 0 Å². The van der Waals surface area contributed by atoms with E-state index in [2.05, 4.69) is 33.9 Å². The third-order valence-electron chi connectivity index (χ3n) is 7.30. The van der Waals surface area contributed by atoms with Crippen LogP contribution in [0, 0.1) is 0 Å². The van der Waals surface area contributed by atoms with E-state index < -0.39 is 49.8 Å². The monoisotopic (exact) mass is 432 g/mol. The van der Waals surface area contributed by atoms with E-state index in [0.29, 0.717) is 0 Å². The fourth-order valence-corrected chi connectivity index (χ4v) is 5.59. The van der Waals surface area contributed by atoms with Crippen LogP contribution < -0.4 is 0 Å². The third-order valence-corrected chi connectivity index (χ3v) is 11.8. The van der Waals surface area contributed by atoms with Crippen LogP contribution in [0.3, 0.4) is 0 Å². The summed E-state index contributed by atoms with van der Waals surface area (Å²) in [5.74, 6) is -2.72. The maximum atomic E-state index is 13.1. The van der Waals surface area contributed by atoms with Crippen molar-refractivity contribution in [3.8, 4) is 0 Å². The quantitative estimate of drug-likeness (QED) is 0.372. The van der Waals surface area contributed by atoms with E-state index in [9.17, 15) is 4.79 Å². The number of esters is 1. The third kappa shape index (κ3) is 3.39. The zero-order valence-electron chi connectivity index (χ0n) is 19.3. The zero-order valence-corrected chi connectivity index (χ0v) is 20.3. The Bertz CT molecular complexity index is 663. The van der Waals surface area contributed by atoms with Gasteiger partial charge in [0, 0.05) is 20.6 Å². The molecule has 0 amide bonds. The summed E-state index contributed by atoms with van der Waals surface area (Å²) in [7, 11) is 2.14. The molecular formula is C20H36O8Si. The lowest BCUT2D eigenvalue weighted by Gasteiger charge is -2.55. The molecule has 168 valence electrons. The zero-order chi connectivity index (χ0) is 22.0. The highest BCUT2D eigenvalue weighted by Crippen LogP contribution is 2.55. The predicted molar refractivity (Wildman–Crippen MR) is 107 cm³/mol. The van der Waals surface area contributed by atoms with Crippen LogP contribution in [0.2, 0.25) is 18.1 Å². The van der Waals surface area contributed by atoms with Crippen LogP contribution in [0.25, 0.3) is 0 Å². The van der Waals surface area contributed by atoms with Gasteiger partial charge in [-0.2, -0.15) is 0 Å². The summed E-state index contributed by atoms with van der Waals surface area (Å²) in [6.07, 6.45) is -1.39. The minimum Gasteiger partial charge on any atom is -0.467 e. The number of carbonyl (C=O) groups is 1. The molecule has 3 fully saturated rings. The van der Waals surface area contributed by atoms with Crippen LogP contribution >= 0.6 is 0 Å². The van der Waals surface area contributed by atoms with Gasteiger partial charge in [0.2, 0.25) is 11.6 Å². The Morgan fingerprint density at radius 2 is 1.55 bits per heavy atom. The van der Waals surface area contributed by atoms with Gasteiger partial charge < -0.3 is 32.8 Å². The van der Waals surface area contributed by atoms with Gasteiger partial charge >= 0.3 is 5.97 Å². The van der Waals surface area contributed by atoms with E-state index in [1.807, 2.05) is 0 Å². The Hall–Kier alpha value is -0.553. The highest BCUT2D eigenvalue weighted by atomic mass is 28.4. The average Bonchev–Trinajstić information content (AvgIpc) is 3.43. The first kappa shape index (κ1) is 23.1. The first-order valence-electron chi connectivity index (χ1n) is 10.1. The molecule has 0 radical (unpaired) electrons. The van der Waals surface area contributed by atoms with Gasteiger partial charge in [-0.25, -0.2) is 4.79 Å². The van der Waals surface area contributed by atoms with Gasteiger partial charge in [0.15, 0.2) is 13.9 Å². The second-order valence-electron chi connectivity index (χ2n) is 10.0. The molecule has 1 saturated carbocycles. The molecule has 3 aliphatic rings. The molecule has 0 unspecified atom stereocenters. The Kier molecular flexibility index (Phi) is 5.56. The van der Waals surface area contributed by atoms with E-state index in [1.54, 1.807) is 28.1 Å². The minimum atomic E-state index is -2.33. The first-order valence-corrected chi connectivity index (χ1v) is 13.0. The van der Waals surface area contributed by atoms with Crippen LogP contribution in [0.4, 0.5) is 0 Å². The van der Waals surface area contributed by atoms with Crippen molar-refractivity contribution in [2.24, 2.45) is 0 Å². The molecule has 8 nitrogen and oxygen atoms in total. The molecule has 0 aromatic carbocycles. The second kappa shape index (κ2) is 6.98. The molecule has 0 N–H and O–H groups in total. The van der Waals surface area contributed by atoms with Gasteiger partial charge in [0.25, 0.3) is 0 Å². The Balaban J connectivity index is 1.97. The van der Waals surface area contributed by atoms with Crippen LogP contribution in [0.5, 0.6) is 0 Å². The van der Waals surface area contributed by atoms with Crippen molar-refractivity contribution in [2.45, 2.75) is 101 Å². The Morgan fingerprint density at radius 3 is 2.03 bits per heavy atom. The first-order chi connectivity index (χ1) is 13.2. The van der Waals surface area contributed by atoms with Crippen molar-refractivity contribution < 1.29 is 37.6 Å². The number of hydrogen-bond acceptors (Lipinski definition) is 8. The number of epoxide rings is 1. The molecule has 2 heterocycles. The molecule has 0 aromatic heterocycles. The minimum absolute atomic E-state index is 0.0884. The molecular weight excluding hydrogens is 396 g/mol. The van der Waals surface area contributed by atoms with E-state index >= 15 is 0 Å². The van der Waals surface area contributed by atoms with Crippen LogP contribution in [0.1, 0.15) is 41.0 Å². The summed E-state index contributed by atoms with van der Waals surface area (Å²) in [5.41, 5.74) is -1.23.